The first-order valence-corrected chi connectivity index (χ1v) is 7.62. The van der Waals surface area contributed by atoms with Gasteiger partial charge in [0.05, 0.1) is 7.11 Å². The van der Waals surface area contributed by atoms with Gasteiger partial charge < -0.3 is 14.7 Å². The molecule has 0 aliphatic rings. The van der Waals surface area contributed by atoms with Crippen LogP contribution in [0.15, 0.2) is 42.5 Å². The molecule has 0 spiro atoms. The predicted molar refractivity (Wildman–Crippen MR) is 91.1 cm³/mol. The van der Waals surface area contributed by atoms with Crippen molar-refractivity contribution in [2.45, 2.75) is 19.4 Å². The van der Waals surface area contributed by atoms with Gasteiger partial charge in [-0.15, -0.1) is 0 Å². The van der Waals surface area contributed by atoms with Crippen LogP contribution in [-0.4, -0.2) is 37.0 Å². The molecule has 23 heavy (non-hydrogen) atoms. The minimum atomic E-state index is 0.0332. The summed E-state index contributed by atoms with van der Waals surface area (Å²) in [6, 6.07) is 12.5. The Hall–Kier alpha value is -2.33. The number of rotatable bonds is 7. The van der Waals surface area contributed by atoms with Crippen LogP contribution in [-0.2, 0) is 13.0 Å². The van der Waals surface area contributed by atoms with Crippen molar-refractivity contribution in [3.63, 3.8) is 0 Å². The van der Waals surface area contributed by atoms with Crippen LogP contribution in [0.25, 0.3) is 0 Å². The van der Waals surface area contributed by atoms with E-state index in [1.807, 2.05) is 26.2 Å². The predicted octanol–water partition coefficient (Wildman–Crippen LogP) is 3.28. The Morgan fingerprint density at radius 2 is 1.96 bits per heavy atom. The van der Waals surface area contributed by atoms with E-state index in [1.165, 1.54) is 6.07 Å². The Labute approximate surface area is 137 Å². The Kier molecular flexibility index (Phi) is 5.77. The molecule has 0 unspecified atom stereocenters. The van der Waals surface area contributed by atoms with Crippen molar-refractivity contribution >= 4 is 5.78 Å². The molecule has 0 aliphatic heterocycles. The molecular weight excluding hydrogens is 290 g/mol. The summed E-state index contributed by atoms with van der Waals surface area (Å²) in [4.78, 5) is 14.3. The fourth-order valence-electron chi connectivity index (χ4n) is 2.53. The molecule has 0 saturated heterocycles. The van der Waals surface area contributed by atoms with Gasteiger partial charge in [0.15, 0.2) is 5.78 Å². The van der Waals surface area contributed by atoms with E-state index in [0.29, 0.717) is 18.4 Å². The number of benzene rings is 2. The smallest absolute Gasteiger partial charge is 0.163 e. The number of nitrogens with zero attached hydrogens (tertiary/aromatic N) is 1. The summed E-state index contributed by atoms with van der Waals surface area (Å²) in [5, 5.41) is 9.45. The molecule has 4 nitrogen and oxygen atoms in total. The van der Waals surface area contributed by atoms with E-state index in [9.17, 15) is 9.90 Å². The second kappa shape index (κ2) is 7.79. The molecule has 0 amide bonds. The largest absolute Gasteiger partial charge is 0.508 e. The molecule has 0 fully saturated rings. The van der Waals surface area contributed by atoms with E-state index < -0.39 is 0 Å². The molecule has 4 heteroatoms. The zero-order valence-electron chi connectivity index (χ0n) is 13.9. The molecule has 0 heterocycles. The lowest BCUT2D eigenvalue weighted by Gasteiger charge is -2.14. The highest BCUT2D eigenvalue weighted by molar-refractivity contribution is 5.96. The van der Waals surface area contributed by atoms with Gasteiger partial charge in [-0.3, -0.25) is 4.79 Å². The van der Waals surface area contributed by atoms with Gasteiger partial charge in [-0.2, -0.15) is 0 Å². The average Bonchev–Trinajstić information content (AvgIpc) is 2.52. The van der Waals surface area contributed by atoms with Crippen molar-refractivity contribution in [2.75, 3.05) is 21.2 Å². The Balaban J connectivity index is 2.06. The molecule has 122 valence electrons. The fraction of sp³-hybridized carbons (Fsp3) is 0.316. The van der Waals surface area contributed by atoms with E-state index in [2.05, 4.69) is 11.0 Å². The van der Waals surface area contributed by atoms with Gasteiger partial charge in [0, 0.05) is 24.1 Å². The number of aryl methyl sites for hydroxylation is 1. The first-order chi connectivity index (χ1) is 11.0. The van der Waals surface area contributed by atoms with Crippen molar-refractivity contribution in [2.24, 2.45) is 0 Å². The summed E-state index contributed by atoms with van der Waals surface area (Å²) in [5.41, 5.74) is 2.77. The van der Waals surface area contributed by atoms with Crippen molar-refractivity contribution in [1.82, 2.24) is 4.90 Å². The van der Waals surface area contributed by atoms with Crippen LogP contribution in [0.1, 0.15) is 27.9 Å². The third kappa shape index (κ3) is 4.83. The number of hydrogen-bond donors (Lipinski definition) is 1. The zero-order chi connectivity index (χ0) is 16.8. The summed E-state index contributed by atoms with van der Waals surface area (Å²) in [7, 11) is 5.69. The fourth-order valence-corrected chi connectivity index (χ4v) is 2.53. The van der Waals surface area contributed by atoms with Gasteiger partial charge in [0.25, 0.3) is 0 Å². The number of methoxy groups -OCH3 is 1. The Morgan fingerprint density at radius 3 is 2.61 bits per heavy atom. The van der Waals surface area contributed by atoms with Gasteiger partial charge in [0.2, 0.25) is 0 Å². The van der Waals surface area contributed by atoms with Crippen molar-refractivity contribution in [3.8, 4) is 11.5 Å². The van der Waals surface area contributed by atoms with Crippen molar-refractivity contribution < 1.29 is 14.6 Å². The lowest BCUT2D eigenvalue weighted by atomic mass is 10.0. The van der Waals surface area contributed by atoms with E-state index in [-0.39, 0.29) is 11.5 Å². The van der Waals surface area contributed by atoms with Crippen LogP contribution in [0.2, 0.25) is 0 Å². The van der Waals surface area contributed by atoms with Crippen molar-refractivity contribution in [1.29, 1.82) is 0 Å². The van der Waals surface area contributed by atoms with Crippen LogP contribution < -0.4 is 4.74 Å². The molecule has 0 atom stereocenters. The first-order valence-electron chi connectivity index (χ1n) is 7.62. The minimum Gasteiger partial charge on any atom is -0.508 e. The highest BCUT2D eigenvalue weighted by atomic mass is 16.5. The molecule has 2 aromatic carbocycles. The first kappa shape index (κ1) is 17.0. The van der Waals surface area contributed by atoms with Gasteiger partial charge in [0.1, 0.15) is 11.5 Å². The van der Waals surface area contributed by atoms with Crippen LogP contribution >= 0.6 is 0 Å². The summed E-state index contributed by atoms with van der Waals surface area (Å²) in [6.45, 7) is 0.789. The van der Waals surface area contributed by atoms with E-state index >= 15 is 0 Å². The third-order valence-electron chi connectivity index (χ3n) is 3.64. The number of aromatic hydroxyl groups is 1. The minimum absolute atomic E-state index is 0.0332. The maximum Gasteiger partial charge on any atom is 0.163 e. The van der Waals surface area contributed by atoms with Gasteiger partial charge >= 0.3 is 0 Å². The molecule has 0 bridgehead atoms. The maximum absolute atomic E-state index is 12.2. The number of phenolic OH excluding ortho intramolecular Hbond substituents is 1. The Morgan fingerprint density at radius 1 is 1.17 bits per heavy atom. The molecule has 2 aromatic rings. The number of carbonyl (C=O) groups is 1. The van der Waals surface area contributed by atoms with Gasteiger partial charge in [-0.25, -0.2) is 0 Å². The quantitative estimate of drug-likeness (QED) is 0.797. The highest BCUT2D eigenvalue weighted by Crippen LogP contribution is 2.22. The molecule has 0 aliphatic carbocycles. The molecule has 0 aromatic heterocycles. The molecule has 0 saturated carbocycles. The van der Waals surface area contributed by atoms with E-state index in [0.717, 1.165) is 23.4 Å². The number of Topliss-reactive ketones (excluding diaryl/α,β-unsaturated/α-hetero) is 1. The number of hydrogen-bond acceptors (Lipinski definition) is 4. The van der Waals surface area contributed by atoms with Crippen LogP contribution in [0.5, 0.6) is 11.5 Å². The third-order valence-corrected chi connectivity index (χ3v) is 3.64. The summed E-state index contributed by atoms with van der Waals surface area (Å²) in [6.07, 6.45) is 1.08. The van der Waals surface area contributed by atoms with Gasteiger partial charge in [-0.1, -0.05) is 24.3 Å². The van der Waals surface area contributed by atoms with Crippen LogP contribution in [0.4, 0.5) is 0 Å². The second-order valence-corrected chi connectivity index (χ2v) is 5.86. The van der Waals surface area contributed by atoms with Gasteiger partial charge in [-0.05, 0) is 44.3 Å². The molecule has 1 N–H and O–H groups in total. The maximum atomic E-state index is 12.2. The zero-order valence-corrected chi connectivity index (χ0v) is 13.9. The lowest BCUT2D eigenvalue weighted by molar-refractivity contribution is 0.0982. The average molecular weight is 313 g/mol. The van der Waals surface area contributed by atoms with Crippen LogP contribution in [0.3, 0.4) is 0 Å². The summed E-state index contributed by atoms with van der Waals surface area (Å²) in [5.74, 6) is 1.02. The normalized spacial score (nSPS) is 10.8. The van der Waals surface area contributed by atoms with Crippen molar-refractivity contribution in [3.05, 3.63) is 59.2 Å². The SMILES string of the molecule is COc1ccc(CCC(=O)c2cccc(O)c2)cc1CN(C)C. The molecule has 0 radical (unpaired) electrons. The number of ether oxygens (including phenoxy) is 1. The summed E-state index contributed by atoms with van der Waals surface area (Å²) >= 11 is 0. The van der Waals surface area contributed by atoms with E-state index in [1.54, 1.807) is 25.3 Å². The number of phenols is 1. The molecular formula is C19H23NO3. The highest BCUT2D eigenvalue weighted by Gasteiger charge is 2.09. The standard InChI is InChI=1S/C19H23NO3/c1-20(2)13-16-11-14(8-10-19(16)23-3)7-9-18(22)15-5-4-6-17(21)12-15/h4-6,8,10-12,21H,7,9,13H2,1-3H3. The number of ketones is 1. The second-order valence-electron chi connectivity index (χ2n) is 5.86. The van der Waals surface area contributed by atoms with Crippen LogP contribution in [0, 0.1) is 0 Å². The topological polar surface area (TPSA) is 49.8 Å². The summed E-state index contributed by atoms with van der Waals surface area (Å²) < 4.78 is 5.39. The number of carbonyl (C=O) groups excluding carboxylic acids is 1. The van der Waals surface area contributed by atoms with E-state index in [4.69, 9.17) is 4.74 Å². The lowest BCUT2D eigenvalue weighted by Crippen LogP contribution is -2.12. The monoisotopic (exact) mass is 313 g/mol. The Bertz CT molecular complexity index is 680. The molecule has 2 rings (SSSR count).